The van der Waals surface area contributed by atoms with Gasteiger partial charge >= 0.3 is 0 Å². The molecule has 0 fully saturated rings. The molecule has 0 aliphatic heterocycles. The maximum absolute atomic E-state index is 12.3. The van der Waals surface area contributed by atoms with Crippen molar-refractivity contribution in [1.82, 2.24) is 9.47 Å². The van der Waals surface area contributed by atoms with Crippen molar-refractivity contribution >= 4 is 0 Å². The van der Waals surface area contributed by atoms with Crippen molar-refractivity contribution in [3.05, 3.63) is 28.2 Å². The lowest BCUT2D eigenvalue weighted by Crippen LogP contribution is -2.19. The summed E-state index contributed by atoms with van der Waals surface area (Å²) in [4.78, 5) is 14.4. The van der Waals surface area contributed by atoms with E-state index in [1.165, 1.54) is 96.0 Å². The highest BCUT2D eigenvalue weighted by atomic mass is 16.5. The maximum atomic E-state index is 12.3. The Morgan fingerprint density at radius 2 is 1.29 bits per heavy atom. The second kappa shape index (κ2) is 21.0. The van der Waals surface area contributed by atoms with Crippen LogP contribution in [0.5, 0.6) is 5.75 Å². The average molecular weight is 479 g/mol. The predicted molar refractivity (Wildman–Crippen MR) is 145 cm³/mol. The number of nitrogens with zero attached hydrogens (tertiary/aromatic N) is 2. The molecule has 0 radical (unpaired) electrons. The third-order valence-corrected chi connectivity index (χ3v) is 6.60. The van der Waals surface area contributed by atoms with E-state index in [0.29, 0.717) is 18.1 Å². The van der Waals surface area contributed by atoms with Gasteiger partial charge in [-0.05, 0) is 33.5 Å². The highest BCUT2D eigenvalue weighted by Crippen LogP contribution is 2.14. The number of aromatic nitrogens is 1. The van der Waals surface area contributed by atoms with Crippen LogP contribution < -0.4 is 10.2 Å². The fourth-order valence-corrected chi connectivity index (χ4v) is 4.44. The molecule has 0 unspecified atom stereocenters. The van der Waals surface area contributed by atoms with E-state index in [0.717, 1.165) is 32.4 Å². The van der Waals surface area contributed by atoms with E-state index in [-0.39, 0.29) is 12.0 Å². The minimum absolute atomic E-state index is 0.128. The summed E-state index contributed by atoms with van der Waals surface area (Å²) in [5, 5.41) is 9.56. The smallest absolute Gasteiger partial charge is 0.223 e. The highest BCUT2D eigenvalue weighted by molar-refractivity contribution is 5.21. The monoisotopic (exact) mass is 478 g/mol. The minimum Gasteiger partial charge on any atom is -0.488 e. The second-order valence-electron chi connectivity index (χ2n) is 10.2. The van der Waals surface area contributed by atoms with E-state index in [4.69, 9.17) is 4.74 Å². The molecule has 5 nitrogen and oxygen atoms in total. The van der Waals surface area contributed by atoms with Crippen LogP contribution in [-0.4, -0.2) is 41.8 Å². The van der Waals surface area contributed by atoms with Gasteiger partial charge in [0.2, 0.25) is 5.43 Å². The fraction of sp³-hybridized carbons (Fsp3) is 0.828. The molecule has 198 valence electrons. The summed E-state index contributed by atoms with van der Waals surface area (Å²) in [7, 11) is 4.09. The molecule has 0 saturated carbocycles. The fourth-order valence-electron chi connectivity index (χ4n) is 4.44. The quantitative estimate of drug-likeness (QED) is 0.173. The van der Waals surface area contributed by atoms with Gasteiger partial charge in [0.1, 0.15) is 0 Å². The first-order valence-electron chi connectivity index (χ1n) is 14.2. The average Bonchev–Trinajstić information content (AvgIpc) is 2.82. The summed E-state index contributed by atoms with van der Waals surface area (Å²) in [5.41, 5.74) is 0.517. The van der Waals surface area contributed by atoms with E-state index in [2.05, 4.69) is 11.8 Å². The highest BCUT2D eigenvalue weighted by Gasteiger charge is 2.08. The van der Waals surface area contributed by atoms with Crippen LogP contribution >= 0.6 is 0 Å². The van der Waals surface area contributed by atoms with Crippen LogP contribution in [0.4, 0.5) is 0 Å². The summed E-state index contributed by atoms with van der Waals surface area (Å²) < 4.78 is 7.75. The Balaban J connectivity index is 2.05. The number of pyridine rings is 1. The Morgan fingerprint density at radius 3 is 1.76 bits per heavy atom. The lowest BCUT2D eigenvalue weighted by Gasteiger charge is -2.16. The van der Waals surface area contributed by atoms with Crippen molar-refractivity contribution in [2.45, 2.75) is 129 Å². The molecule has 5 heteroatoms. The number of aliphatic hydroxyl groups excluding tert-OH is 1. The van der Waals surface area contributed by atoms with Gasteiger partial charge in [-0.3, -0.25) is 4.79 Å². The van der Waals surface area contributed by atoms with E-state index in [1.807, 2.05) is 18.7 Å². The van der Waals surface area contributed by atoms with Crippen molar-refractivity contribution in [2.75, 3.05) is 27.2 Å². The summed E-state index contributed by atoms with van der Waals surface area (Å²) >= 11 is 0. The van der Waals surface area contributed by atoms with Gasteiger partial charge in [0.15, 0.2) is 5.75 Å². The van der Waals surface area contributed by atoms with Crippen molar-refractivity contribution in [1.29, 1.82) is 0 Å². The largest absolute Gasteiger partial charge is 0.488 e. The summed E-state index contributed by atoms with van der Waals surface area (Å²) in [6.07, 6.45) is 24.3. The van der Waals surface area contributed by atoms with Gasteiger partial charge < -0.3 is 19.3 Å². The van der Waals surface area contributed by atoms with Crippen LogP contribution in [-0.2, 0) is 13.2 Å². The van der Waals surface area contributed by atoms with Crippen LogP contribution in [0.2, 0.25) is 0 Å². The topological polar surface area (TPSA) is 54.7 Å². The number of ether oxygens (including phenoxy) is 1. The molecule has 1 rings (SSSR count). The standard InChI is InChI=1S/C29H54N2O3/c1-4-5-6-7-8-9-10-11-12-13-14-15-16-17-18-19-23-34-29-25-31(22-20-21-30(2)3)27(26-32)24-28(29)33/h24-25,32H,4-23,26H2,1-3H3. The van der Waals surface area contributed by atoms with Crippen molar-refractivity contribution in [2.24, 2.45) is 0 Å². The molecule has 0 spiro atoms. The lowest BCUT2D eigenvalue weighted by atomic mass is 10.0. The third kappa shape index (κ3) is 15.5. The van der Waals surface area contributed by atoms with Crippen molar-refractivity contribution in [3.63, 3.8) is 0 Å². The number of unbranched alkanes of at least 4 members (excludes halogenated alkanes) is 15. The summed E-state index contributed by atoms with van der Waals surface area (Å²) in [6, 6.07) is 1.51. The van der Waals surface area contributed by atoms with Gasteiger partial charge in [0, 0.05) is 18.3 Å². The molecule has 0 atom stereocenters. The molecule has 1 heterocycles. The molecule has 1 aromatic rings. The molecule has 1 aromatic heterocycles. The van der Waals surface area contributed by atoms with E-state index < -0.39 is 0 Å². The van der Waals surface area contributed by atoms with Crippen LogP contribution in [0.15, 0.2) is 17.1 Å². The number of hydrogen-bond acceptors (Lipinski definition) is 4. The number of aryl methyl sites for hydroxylation is 1. The van der Waals surface area contributed by atoms with Gasteiger partial charge in [0.25, 0.3) is 0 Å². The maximum Gasteiger partial charge on any atom is 0.223 e. The zero-order valence-corrected chi connectivity index (χ0v) is 22.7. The molecule has 0 aromatic carbocycles. The summed E-state index contributed by atoms with van der Waals surface area (Å²) in [5.74, 6) is 0.406. The number of rotatable bonds is 23. The van der Waals surface area contributed by atoms with E-state index >= 15 is 0 Å². The number of hydrogen-bond donors (Lipinski definition) is 1. The van der Waals surface area contributed by atoms with Gasteiger partial charge in [-0.2, -0.15) is 0 Å². The lowest BCUT2D eigenvalue weighted by molar-refractivity contribution is 0.264. The zero-order chi connectivity index (χ0) is 24.9. The Morgan fingerprint density at radius 1 is 0.794 bits per heavy atom. The van der Waals surface area contributed by atoms with Crippen molar-refractivity contribution in [3.8, 4) is 5.75 Å². The van der Waals surface area contributed by atoms with Crippen LogP contribution in [0, 0.1) is 0 Å². The molecule has 1 N–H and O–H groups in total. The normalized spacial score (nSPS) is 11.4. The van der Waals surface area contributed by atoms with Crippen LogP contribution in [0.3, 0.4) is 0 Å². The first-order valence-corrected chi connectivity index (χ1v) is 14.2. The third-order valence-electron chi connectivity index (χ3n) is 6.60. The number of aliphatic hydroxyl groups is 1. The predicted octanol–water partition coefficient (Wildman–Crippen LogP) is 6.93. The van der Waals surface area contributed by atoms with E-state index in [1.54, 1.807) is 6.20 Å². The summed E-state index contributed by atoms with van der Waals surface area (Å²) in [6.45, 7) is 4.47. The first kappa shape index (κ1) is 30.7. The molecule has 0 aliphatic rings. The molecular weight excluding hydrogens is 424 g/mol. The molecule has 0 saturated heterocycles. The Bertz CT molecular complexity index is 657. The van der Waals surface area contributed by atoms with Crippen molar-refractivity contribution < 1.29 is 9.84 Å². The van der Waals surface area contributed by atoms with Gasteiger partial charge in [-0.1, -0.05) is 103 Å². The van der Waals surface area contributed by atoms with Gasteiger partial charge in [-0.25, -0.2) is 0 Å². The minimum atomic E-state index is -0.135. The van der Waals surface area contributed by atoms with Gasteiger partial charge in [0.05, 0.1) is 19.4 Å². The SMILES string of the molecule is CCCCCCCCCCCCCCCCCCOc1cn(CCCN(C)C)c(CO)cc1=O. The van der Waals surface area contributed by atoms with Crippen LogP contribution in [0.25, 0.3) is 0 Å². The Labute approximate surface area is 209 Å². The molecular formula is C29H54N2O3. The van der Waals surface area contributed by atoms with E-state index in [9.17, 15) is 9.90 Å². The molecule has 0 aliphatic carbocycles. The zero-order valence-electron chi connectivity index (χ0n) is 22.7. The molecule has 34 heavy (non-hydrogen) atoms. The molecule has 0 bridgehead atoms. The first-order chi connectivity index (χ1) is 16.6. The molecule has 0 amide bonds. The Kier molecular flexibility index (Phi) is 19.0. The van der Waals surface area contributed by atoms with Crippen LogP contribution in [0.1, 0.15) is 122 Å². The Hall–Kier alpha value is -1.33. The van der Waals surface area contributed by atoms with Gasteiger partial charge in [-0.15, -0.1) is 0 Å². The second-order valence-corrected chi connectivity index (χ2v) is 10.2.